The summed E-state index contributed by atoms with van der Waals surface area (Å²) in [6.45, 7) is 3.39. The fourth-order valence-corrected chi connectivity index (χ4v) is 1.79. The fraction of sp³-hybridized carbons (Fsp3) is 0.538. The Balaban J connectivity index is 3.35. The van der Waals surface area contributed by atoms with Gasteiger partial charge in [-0.1, -0.05) is 6.92 Å². The molecule has 0 spiro atoms. The van der Waals surface area contributed by atoms with Gasteiger partial charge in [-0.2, -0.15) is 13.2 Å². The summed E-state index contributed by atoms with van der Waals surface area (Å²) in [4.78, 5) is 17.7. The number of alkyl halides is 3. The van der Waals surface area contributed by atoms with Gasteiger partial charge in [-0.05, 0) is 33.5 Å². The topological polar surface area (TPSA) is 33.2 Å². The highest BCUT2D eigenvalue weighted by molar-refractivity contribution is 6.04. The second-order valence-electron chi connectivity index (χ2n) is 4.77. The van der Waals surface area contributed by atoms with E-state index in [0.717, 1.165) is 18.5 Å². The zero-order chi connectivity index (χ0) is 14.8. The van der Waals surface area contributed by atoms with Crippen molar-refractivity contribution >= 4 is 5.78 Å². The molecule has 0 aliphatic carbocycles. The first kappa shape index (κ1) is 15.6. The minimum Gasteiger partial charge on any atom is -0.297 e. The van der Waals surface area contributed by atoms with Crippen LogP contribution in [0.1, 0.15) is 36.2 Å². The number of rotatable bonds is 4. The van der Waals surface area contributed by atoms with E-state index in [9.17, 15) is 18.0 Å². The second kappa shape index (κ2) is 5.28. The molecule has 1 aromatic heterocycles. The van der Waals surface area contributed by atoms with Crippen LogP contribution in [0.2, 0.25) is 0 Å². The van der Waals surface area contributed by atoms with Gasteiger partial charge in [-0.3, -0.25) is 14.7 Å². The van der Waals surface area contributed by atoms with Crippen molar-refractivity contribution in [3.8, 4) is 0 Å². The highest BCUT2D eigenvalue weighted by atomic mass is 19.4. The van der Waals surface area contributed by atoms with Crippen LogP contribution in [0, 0.1) is 0 Å². The van der Waals surface area contributed by atoms with Crippen LogP contribution in [0.3, 0.4) is 0 Å². The lowest BCUT2D eigenvalue weighted by Gasteiger charge is -2.34. The zero-order valence-electron chi connectivity index (χ0n) is 11.4. The third-order valence-electron chi connectivity index (χ3n) is 3.54. The Morgan fingerprint density at radius 1 is 1.37 bits per heavy atom. The van der Waals surface area contributed by atoms with Gasteiger partial charge in [0.25, 0.3) is 0 Å². The number of nitrogens with zero attached hydrogens (tertiary/aromatic N) is 2. The van der Waals surface area contributed by atoms with Crippen LogP contribution < -0.4 is 0 Å². The van der Waals surface area contributed by atoms with Gasteiger partial charge in [-0.15, -0.1) is 0 Å². The third kappa shape index (κ3) is 2.94. The first-order chi connectivity index (χ1) is 8.64. The number of halogens is 3. The summed E-state index contributed by atoms with van der Waals surface area (Å²) in [5, 5.41) is 0. The number of pyridine rings is 1. The molecule has 1 unspecified atom stereocenters. The second-order valence-corrected chi connectivity index (χ2v) is 4.77. The molecule has 3 nitrogen and oxygen atoms in total. The van der Waals surface area contributed by atoms with Crippen molar-refractivity contribution in [1.82, 2.24) is 9.88 Å². The fourth-order valence-electron chi connectivity index (χ4n) is 1.79. The van der Waals surface area contributed by atoms with Gasteiger partial charge in [0.2, 0.25) is 0 Å². The van der Waals surface area contributed by atoms with E-state index in [2.05, 4.69) is 4.98 Å². The number of ketones is 1. The Kier molecular flexibility index (Phi) is 4.35. The summed E-state index contributed by atoms with van der Waals surface area (Å²) >= 11 is 0. The van der Waals surface area contributed by atoms with Crippen molar-refractivity contribution in [3.05, 3.63) is 29.6 Å². The number of Topliss-reactive ketones (excluding diaryl/α,β-unsaturated/α-hetero) is 1. The van der Waals surface area contributed by atoms with Crippen LogP contribution in [0.4, 0.5) is 13.2 Å². The van der Waals surface area contributed by atoms with E-state index in [0.29, 0.717) is 6.42 Å². The molecular formula is C13H17F3N2O. The molecule has 1 rings (SSSR count). The van der Waals surface area contributed by atoms with Gasteiger partial charge < -0.3 is 0 Å². The minimum atomic E-state index is -4.56. The summed E-state index contributed by atoms with van der Waals surface area (Å²) in [6, 6.07) is 0.832. The molecule has 1 atom stereocenters. The lowest BCUT2D eigenvalue weighted by atomic mass is 9.86. The van der Waals surface area contributed by atoms with Crippen molar-refractivity contribution in [2.45, 2.75) is 32.0 Å². The Morgan fingerprint density at radius 3 is 2.37 bits per heavy atom. The maximum absolute atomic E-state index is 12.9. The van der Waals surface area contributed by atoms with Gasteiger partial charge in [0, 0.05) is 12.4 Å². The van der Waals surface area contributed by atoms with Gasteiger partial charge >= 0.3 is 6.18 Å². The predicted octanol–water partition coefficient (Wildman–Crippen LogP) is 3.01. The Labute approximate surface area is 110 Å². The van der Waals surface area contributed by atoms with Crippen LogP contribution in [0.5, 0.6) is 0 Å². The van der Waals surface area contributed by atoms with Crippen LogP contribution in [0.25, 0.3) is 0 Å². The molecule has 6 heteroatoms. The summed E-state index contributed by atoms with van der Waals surface area (Å²) in [5.74, 6) is -0.569. The molecule has 0 bridgehead atoms. The Bertz CT molecular complexity index is 471. The standard InChI is InChI=1S/C13H17F3N2O/c1-5-12(2,18(3)4)11(19)9-8-17-7-6-10(9)13(14,15)16/h6-8H,5H2,1-4H3. The lowest BCUT2D eigenvalue weighted by Crippen LogP contribution is -2.48. The van der Waals surface area contributed by atoms with E-state index < -0.39 is 23.1 Å². The Hall–Kier alpha value is -1.43. The van der Waals surface area contributed by atoms with Gasteiger partial charge in [0.15, 0.2) is 5.78 Å². The van der Waals surface area contributed by atoms with Gasteiger partial charge in [0.05, 0.1) is 16.7 Å². The summed E-state index contributed by atoms with van der Waals surface area (Å²) in [7, 11) is 3.34. The summed E-state index contributed by atoms with van der Waals surface area (Å²) < 4.78 is 38.7. The van der Waals surface area contributed by atoms with Gasteiger partial charge in [-0.25, -0.2) is 0 Å². The molecule has 0 radical (unpaired) electrons. The Morgan fingerprint density at radius 2 is 1.95 bits per heavy atom. The van der Waals surface area contributed by atoms with Crippen LogP contribution in [-0.4, -0.2) is 35.3 Å². The number of hydrogen-bond donors (Lipinski definition) is 0. The van der Waals surface area contributed by atoms with Crippen molar-refractivity contribution in [2.24, 2.45) is 0 Å². The van der Waals surface area contributed by atoms with Gasteiger partial charge in [0.1, 0.15) is 0 Å². The maximum atomic E-state index is 12.9. The number of likely N-dealkylation sites (N-methyl/N-ethyl adjacent to an activating group) is 1. The molecular weight excluding hydrogens is 257 g/mol. The number of carbonyl (C=O) groups is 1. The normalized spacial score (nSPS) is 15.4. The molecule has 0 saturated carbocycles. The predicted molar refractivity (Wildman–Crippen MR) is 66.0 cm³/mol. The first-order valence-corrected chi connectivity index (χ1v) is 5.88. The molecule has 0 saturated heterocycles. The average Bonchev–Trinajstić information content (AvgIpc) is 2.35. The van der Waals surface area contributed by atoms with E-state index in [-0.39, 0.29) is 5.56 Å². The van der Waals surface area contributed by atoms with Crippen LogP contribution >= 0.6 is 0 Å². The molecule has 19 heavy (non-hydrogen) atoms. The van der Waals surface area contributed by atoms with Crippen molar-refractivity contribution < 1.29 is 18.0 Å². The number of hydrogen-bond acceptors (Lipinski definition) is 3. The zero-order valence-corrected chi connectivity index (χ0v) is 11.4. The molecule has 0 aliphatic heterocycles. The highest BCUT2D eigenvalue weighted by Crippen LogP contribution is 2.34. The largest absolute Gasteiger partial charge is 0.417 e. The third-order valence-corrected chi connectivity index (χ3v) is 3.54. The number of carbonyl (C=O) groups excluding carboxylic acids is 1. The number of aromatic nitrogens is 1. The molecule has 0 fully saturated rings. The summed E-state index contributed by atoms with van der Waals surface area (Å²) in [6.07, 6.45) is -2.12. The molecule has 106 valence electrons. The summed E-state index contributed by atoms with van der Waals surface area (Å²) in [5.41, 5.74) is -2.30. The smallest absolute Gasteiger partial charge is 0.297 e. The quantitative estimate of drug-likeness (QED) is 0.791. The van der Waals surface area contributed by atoms with E-state index in [1.165, 1.54) is 0 Å². The SMILES string of the molecule is CCC(C)(C(=O)c1cnccc1C(F)(F)F)N(C)C. The van der Waals surface area contributed by atoms with Crippen LogP contribution in [0.15, 0.2) is 18.5 Å². The molecule has 0 aromatic carbocycles. The first-order valence-electron chi connectivity index (χ1n) is 5.88. The molecule has 0 amide bonds. The average molecular weight is 274 g/mol. The van der Waals surface area contributed by atoms with Crippen LogP contribution in [-0.2, 0) is 6.18 Å². The van der Waals surface area contributed by atoms with E-state index in [4.69, 9.17) is 0 Å². The minimum absolute atomic E-state index is 0.381. The monoisotopic (exact) mass is 274 g/mol. The molecule has 1 aromatic rings. The maximum Gasteiger partial charge on any atom is 0.417 e. The highest BCUT2D eigenvalue weighted by Gasteiger charge is 2.41. The van der Waals surface area contributed by atoms with E-state index >= 15 is 0 Å². The molecule has 1 heterocycles. The molecule has 0 aliphatic rings. The van der Waals surface area contributed by atoms with E-state index in [1.54, 1.807) is 32.8 Å². The lowest BCUT2D eigenvalue weighted by molar-refractivity contribution is -0.138. The van der Waals surface area contributed by atoms with Crippen molar-refractivity contribution in [1.29, 1.82) is 0 Å². The van der Waals surface area contributed by atoms with Crippen molar-refractivity contribution in [2.75, 3.05) is 14.1 Å². The van der Waals surface area contributed by atoms with E-state index in [1.807, 2.05) is 0 Å². The van der Waals surface area contributed by atoms with Crippen molar-refractivity contribution in [3.63, 3.8) is 0 Å². The molecule has 0 N–H and O–H groups in total.